The first-order valence-electron chi connectivity index (χ1n) is 23.9. The van der Waals surface area contributed by atoms with Gasteiger partial charge in [0.05, 0.1) is 39.4 Å². The first-order chi connectivity index (χ1) is 34.2. The Kier molecular flexibility index (Phi) is 8.87. The third-order valence-electron chi connectivity index (χ3n) is 14.7. The lowest BCUT2D eigenvalue weighted by Crippen LogP contribution is -2.28. The van der Waals surface area contributed by atoms with Crippen molar-refractivity contribution < 1.29 is 0 Å². The lowest BCUT2D eigenvalue weighted by atomic mass is 9.67. The Labute approximate surface area is 400 Å². The highest BCUT2D eigenvalue weighted by Crippen LogP contribution is 2.57. The molecule has 0 saturated carbocycles. The number of nitrogens with zero attached hydrogens (tertiary/aromatic N) is 3. The summed E-state index contributed by atoms with van der Waals surface area (Å²) in [5.74, 6) is 0. The van der Waals surface area contributed by atoms with Crippen molar-refractivity contribution in [1.29, 1.82) is 0 Å². The molecule has 0 fully saturated rings. The van der Waals surface area contributed by atoms with Crippen LogP contribution in [0, 0.1) is 0 Å². The molecule has 3 heteroatoms. The fourth-order valence-electron chi connectivity index (χ4n) is 11.6. The molecule has 2 aliphatic carbocycles. The minimum absolute atomic E-state index is 0.615. The quantitative estimate of drug-likeness (QED) is 0.156. The minimum atomic E-state index is -0.615. The van der Waals surface area contributed by atoms with Gasteiger partial charge in [-0.3, -0.25) is 4.98 Å². The van der Waals surface area contributed by atoms with Crippen LogP contribution in [0.2, 0.25) is 0 Å². The topological polar surface area (TPSA) is 30.7 Å². The summed E-state index contributed by atoms with van der Waals surface area (Å²) in [7, 11) is 0. The number of benzene rings is 10. The Morgan fingerprint density at radius 3 is 1.65 bits per heavy atom. The van der Waals surface area contributed by atoms with Crippen molar-refractivity contribution in [3.8, 4) is 28.1 Å². The molecule has 0 bridgehead atoms. The number of aromatic nitrogens is 3. The highest BCUT2D eigenvalue weighted by molar-refractivity contribution is 6.23. The predicted molar refractivity (Wildman–Crippen MR) is 288 cm³/mol. The number of hydrogen-bond donors (Lipinski definition) is 0. The van der Waals surface area contributed by atoms with E-state index in [-0.39, 0.29) is 0 Å². The number of para-hydroxylation sites is 2. The molecule has 0 radical (unpaired) electrons. The Balaban J connectivity index is 0.938. The van der Waals surface area contributed by atoms with E-state index in [4.69, 9.17) is 9.97 Å². The van der Waals surface area contributed by atoms with E-state index < -0.39 is 5.41 Å². The molecule has 14 rings (SSSR count). The molecule has 10 aromatic carbocycles. The van der Waals surface area contributed by atoms with Gasteiger partial charge in [0.2, 0.25) is 0 Å². The Bertz CT molecular complexity index is 4060. The van der Waals surface area contributed by atoms with Gasteiger partial charge in [-0.2, -0.15) is 0 Å². The molecular formula is C66H43N3. The summed E-state index contributed by atoms with van der Waals surface area (Å²) in [6.07, 6.45) is 12.2. The third kappa shape index (κ3) is 6.00. The SMILES string of the molecule is C1=CC(c2ccc3c(c2)C(c2ccccc2)(c2ccccc2)c2cc(-c4cnc5c6ccccc6c6ccccc6c5n4)ccc2-3)=CC(c2ccc3c4ccccc4n(-c4ccccc4)c3c2)=CC1. The van der Waals surface area contributed by atoms with E-state index in [1.165, 1.54) is 88.2 Å². The zero-order valence-corrected chi connectivity index (χ0v) is 37.7. The van der Waals surface area contributed by atoms with Gasteiger partial charge in [-0.15, -0.1) is 0 Å². The third-order valence-corrected chi connectivity index (χ3v) is 14.7. The van der Waals surface area contributed by atoms with Crippen LogP contribution in [-0.2, 0) is 5.41 Å². The van der Waals surface area contributed by atoms with Gasteiger partial charge in [-0.25, -0.2) is 4.98 Å². The Hall–Kier alpha value is -8.92. The van der Waals surface area contributed by atoms with E-state index in [0.29, 0.717) is 0 Å². The van der Waals surface area contributed by atoms with Crippen molar-refractivity contribution in [2.45, 2.75) is 11.8 Å². The summed E-state index contributed by atoms with van der Waals surface area (Å²) in [6, 6.07) is 79.8. The van der Waals surface area contributed by atoms with Crippen LogP contribution in [0.4, 0.5) is 0 Å². The molecule has 0 aliphatic heterocycles. The summed E-state index contributed by atoms with van der Waals surface area (Å²) >= 11 is 0. The number of fused-ring (bicyclic) bond motifs is 12. The summed E-state index contributed by atoms with van der Waals surface area (Å²) in [5.41, 5.74) is 18.9. The second kappa shape index (κ2) is 15.6. The van der Waals surface area contributed by atoms with Gasteiger partial charge in [0.15, 0.2) is 0 Å². The standard InChI is InChI=1S/C66H43N3/c1-4-20-48(21-5-1)66(49-22-6-2-7-23-49)59-39-45(43-18-10-11-19-44(38-43)46-33-37-56-55-28-16-17-31-62(55)69(63(56)41-46)50-24-8-3-9-25-50)32-35-53(59)54-36-34-47(40-60(54)66)61-42-67-64-57-29-14-12-26-51(57)52-27-13-15-30-58(52)65(64)68-61/h1-10,12-42H,11H2. The lowest BCUT2D eigenvalue weighted by molar-refractivity contribution is 0.768. The van der Waals surface area contributed by atoms with Gasteiger partial charge in [0.1, 0.15) is 0 Å². The van der Waals surface area contributed by atoms with Crippen LogP contribution in [-0.4, -0.2) is 14.5 Å². The van der Waals surface area contributed by atoms with Gasteiger partial charge >= 0.3 is 0 Å². The van der Waals surface area contributed by atoms with Crippen LogP contribution < -0.4 is 0 Å². The van der Waals surface area contributed by atoms with E-state index in [1.807, 2.05) is 6.20 Å². The zero-order valence-electron chi connectivity index (χ0n) is 37.7. The normalized spacial score (nSPS) is 14.0. The van der Waals surface area contributed by atoms with Gasteiger partial charge in [0, 0.05) is 32.8 Å². The van der Waals surface area contributed by atoms with Crippen molar-refractivity contribution in [1.82, 2.24) is 14.5 Å². The first kappa shape index (κ1) is 39.3. The molecule has 0 amide bonds. The average molecular weight is 878 g/mol. The predicted octanol–water partition coefficient (Wildman–Crippen LogP) is 16.5. The van der Waals surface area contributed by atoms with Gasteiger partial charge < -0.3 is 4.57 Å². The molecule has 322 valence electrons. The van der Waals surface area contributed by atoms with Crippen LogP contribution in [0.1, 0.15) is 39.8 Å². The van der Waals surface area contributed by atoms with Gasteiger partial charge in [-0.1, -0.05) is 200 Å². The van der Waals surface area contributed by atoms with E-state index in [1.54, 1.807) is 0 Å². The molecule has 2 aromatic heterocycles. The molecule has 2 aliphatic rings. The van der Waals surface area contributed by atoms with Crippen LogP contribution in [0.15, 0.2) is 249 Å². The number of allylic oxidation sites excluding steroid dienone is 6. The molecule has 12 aromatic rings. The largest absolute Gasteiger partial charge is 0.309 e. The number of rotatable bonds is 6. The number of hydrogen-bond acceptors (Lipinski definition) is 2. The molecule has 3 nitrogen and oxygen atoms in total. The summed E-state index contributed by atoms with van der Waals surface area (Å²) in [5, 5.41) is 7.12. The van der Waals surface area contributed by atoms with Gasteiger partial charge in [0.25, 0.3) is 0 Å². The van der Waals surface area contributed by atoms with Crippen LogP contribution in [0.25, 0.3) is 93.6 Å². The van der Waals surface area contributed by atoms with E-state index in [9.17, 15) is 0 Å². The van der Waals surface area contributed by atoms with E-state index in [2.05, 4.69) is 247 Å². The van der Waals surface area contributed by atoms with Crippen molar-refractivity contribution in [3.05, 3.63) is 282 Å². The highest BCUT2D eigenvalue weighted by atomic mass is 15.0. The molecule has 0 spiro atoms. The monoisotopic (exact) mass is 877 g/mol. The Morgan fingerprint density at radius 1 is 0.420 bits per heavy atom. The fourth-order valence-corrected chi connectivity index (χ4v) is 11.6. The second-order valence-corrected chi connectivity index (χ2v) is 18.4. The van der Waals surface area contributed by atoms with Crippen LogP contribution in [0.3, 0.4) is 0 Å². The van der Waals surface area contributed by atoms with E-state index >= 15 is 0 Å². The first-order valence-corrected chi connectivity index (χ1v) is 23.9. The van der Waals surface area contributed by atoms with Crippen molar-refractivity contribution >= 4 is 65.5 Å². The maximum Gasteiger partial charge on any atom is 0.0979 e. The zero-order chi connectivity index (χ0) is 45.5. The lowest BCUT2D eigenvalue weighted by Gasteiger charge is -2.34. The van der Waals surface area contributed by atoms with Crippen molar-refractivity contribution in [2.24, 2.45) is 0 Å². The van der Waals surface area contributed by atoms with Crippen molar-refractivity contribution in [2.75, 3.05) is 0 Å². The second-order valence-electron chi connectivity index (χ2n) is 18.4. The molecule has 0 N–H and O–H groups in total. The van der Waals surface area contributed by atoms with Crippen molar-refractivity contribution in [3.63, 3.8) is 0 Å². The summed E-state index contributed by atoms with van der Waals surface area (Å²) in [6.45, 7) is 0. The summed E-state index contributed by atoms with van der Waals surface area (Å²) in [4.78, 5) is 10.7. The average Bonchev–Trinajstić information content (AvgIpc) is 3.77. The molecule has 0 saturated heterocycles. The molecule has 0 atom stereocenters. The maximum absolute atomic E-state index is 5.47. The maximum atomic E-state index is 5.47. The molecular weight excluding hydrogens is 835 g/mol. The van der Waals surface area contributed by atoms with Gasteiger partial charge in [-0.05, 0) is 115 Å². The highest BCUT2D eigenvalue weighted by Gasteiger charge is 2.46. The van der Waals surface area contributed by atoms with E-state index in [0.717, 1.165) is 45.2 Å². The molecule has 69 heavy (non-hydrogen) atoms. The van der Waals surface area contributed by atoms with Crippen LogP contribution in [0.5, 0.6) is 0 Å². The Morgan fingerprint density at radius 2 is 0.957 bits per heavy atom. The molecule has 0 unspecified atom stereocenters. The summed E-state index contributed by atoms with van der Waals surface area (Å²) < 4.78 is 2.40. The van der Waals surface area contributed by atoms with Crippen LogP contribution >= 0.6 is 0 Å². The fraction of sp³-hybridized carbons (Fsp3) is 0.0303. The molecule has 2 heterocycles. The minimum Gasteiger partial charge on any atom is -0.309 e. The smallest absolute Gasteiger partial charge is 0.0979 e.